The van der Waals surface area contributed by atoms with E-state index in [-0.39, 0.29) is 0 Å². The van der Waals surface area contributed by atoms with Gasteiger partial charge in [-0.1, -0.05) is 12.1 Å². The molecule has 3 heteroatoms. The minimum Gasteiger partial charge on any atom is -0.397 e. The molecular weight excluding hydrogens is 228 g/mol. The molecule has 1 saturated heterocycles. The second-order valence-corrected chi connectivity index (χ2v) is 6.27. The summed E-state index contributed by atoms with van der Waals surface area (Å²) in [7, 11) is 0. The molecule has 2 nitrogen and oxygen atoms in total. The standard InChI is InChI=1S/C14H20N2S/c15-13-3-1-2-4-14(13)16(11-5-6-11)12-7-9-17-10-8-12/h1-4,11-12H,5-10,15H2. The van der Waals surface area contributed by atoms with Crippen LogP contribution >= 0.6 is 11.8 Å². The van der Waals surface area contributed by atoms with Crippen LogP contribution in [-0.4, -0.2) is 23.6 Å². The quantitative estimate of drug-likeness (QED) is 0.833. The van der Waals surface area contributed by atoms with Crippen LogP contribution in [0.2, 0.25) is 0 Å². The number of rotatable bonds is 3. The van der Waals surface area contributed by atoms with E-state index in [1.54, 1.807) is 0 Å². The van der Waals surface area contributed by atoms with Crippen molar-refractivity contribution in [2.75, 3.05) is 22.1 Å². The Bertz CT molecular complexity index is 384. The summed E-state index contributed by atoms with van der Waals surface area (Å²) in [6, 6.07) is 9.83. The number of nitrogens with two attached hydrogens (primary N) is 1. The first kappa shape index (κ1) is 11.3. The molecule has 17 heavy (non-hydrogen) atoms. The van der Waals surface area contributed by atoms with Crippen LogP contribution < -0.4 is 10.6 Å². The fourth-order valence-corrected chi connectivity index (χ4v) is 3.81. The van der Waals surface area contributed by atoms with E-state index in [2.05, 4.69) is 28.8 Å². The molecule has 3 rings (SSSR count). The summed E-state index contributed by atoms with van der Waals surface area (Å²) in [4.78, 5) is 2.62. The normalized spacial score (nSPS) is 21.4. The molecule has 0 unspecified atom stereocenters. The van der Waals surface area contributed by atoms with Crippen LogP contribution in [0.25, 0.3) is 0 Å². The number of thioether (sulfide) groups is 1. The Morgan fingerprint density at radius 2 is 1.65 bits per heavy atom. The first-order valence-corrected chi connectivity index (χ1v) is 7.72. The van der Waals surface area contributed by atoms with Crippen LogP contribution in [0.1, 0.15) is 25.7 Å². The van der Waals surface area contributed by atoms with Crippen molar-refractivity contribution in [3.05, 3.63) is 24.3 Å². The molecule has 1 aliphatic carbocycles. The van der Waals surface area contributed by atoms with Crippen molar-refractivity contribution in [1.82, 2.24) is 0 Å². The Morgan fingerprint density at radius 1 is 1.00 bits per heavy atom. The molecule has 1 heterocycles. The highest BCUT2D eigenvalue weighted by molar-refractivity contribution is 7.99. The molecule has 0 atom stereocenters. The van der Waals surface area contributed by atoms with Gasteiger partial charge in [-0.05, 0) is 49.3 Å². The molecule has 2 aliphatic rings. The average molecular weight is 248 g/mol. The zero-order chi connectivity index (χ0) is 11.7. The molecule has 1 saturated carbocycles. The van der Waals surface area contributed by atoms with Gasteiger partial charge in [0.2, 0.25) is 0 Å². The maximum Gasteiger partial charge on any atom is 0.0604 e. The van der Waals surface area contributed by atoms with Crippen molar-refractivity contribution >= 4 is 23.1 Å². The van der Waals surface area contributed by atoms with E-state index >= 15 is 0 Å². The summed E-state index contributed by atoms with van der Waals surface area (Å²) in [6.07, 6.45) is 5.32. The summed E-state index contributed by atoms with van der Waals surface area (Å²) in [5.41, 5.74) is 8.36. The predicted molar refractivity (Wildman–Crippen MR) is 76.7 cm³/mol. The van der Waals surface area contributed by atoms with Gasteiger partial charge in [-0.15, -0.1) is 0 Å². The molecule has 1 aromatic carbocycles. The molecule has 0 amide bonds. The Hall–Kier alpha value is -0.830. The van der Waals surface area contributed by atoms with Gasteiger partial charge >= 0.3 is 0 Å². The summed E-state index contributed by atoms with van der Waals surface area (Å²) in [6.45, 7) is 0. The average Bonchev–Trinajstić information content (AvgIpc) is 3.18. The minimum absolute atomic E-state index is 0.716. The van der Waals surface area contributed by atoms with Crippen molar-refractivity contribution in [2.45, 2.75) is 37.8 Å². The SMILES string of the molecule is Nc1ccccc1N(C1CCSCC1)C1CC1. The Balaban J connectivity index is 1.86. The van der Waals surface area contributed by atoms with Gasteiger partial charge < -0.3 is 10.6 Å². The highest BCUT2D eigenvalue weighted by Gasteiger charge is 2.35. The lowest BCUT2D eigenvalue weighted by atomic mass is 10.1. The fraction of sp³-hybridized carbons (Fsp3) is 0.571. The molecule has 0 radical (unpaired) electrons. The molecule has 2 fully saturated rings. The number of hydrogen-bond acceptors (Lipinski definition) is 3. The molecule has 92 valence electrons. The monoisotopic (exact) mass is 248 g/mol. The van der Waals surface area contributed by atoms with Gasteiger partial charge in [-0.25, -0.2) is 0 Å². The maximum atomic E-state index is 6.15. The second kappa shape index (κ2) is 4.81. The van der Waals surface area contributed by atoms with Gasteiger partial charge in [-0.3, -0.25) is 0 Å². The predicted octanol–water partition coefficient (Wildman–Crippen LogP) is 3.13. The fourth-order valence-electron chi connectivity index (χ4n) is 2.73. The van der Waals surface area contributed by atoms with E-state index in [1.807, 2.05) is 12.1 Å². The van der Waals surface area contributed by atoms with E-state index in [0.717, 1.165) is 11.7 Å². The summed E-state index contributed by atoms with van der Waals surface area (Å²) in [5, 5.41) is 0. The number of nitrogen functional groups attached to an aromatic ring is 1. The van der Waals surface area contributed by atoms with E-state index in [4.69, 9.17) is 5.73 Å². The number of hydrogen-bond donors (Lipinski definition) is 1. The van der Waals surface area contributed by atoms with E-state index in [0.29, 0.717) is 6.04 Å². The topological polar surface area (TPSA) is 29.3 Å². The minimum atomic E-state index is 0.716. The van der Waals surface area contributed by atoms with Crippen LogP contribution in [0.3, 0.4) is 0 Å². The van der Waals surface area contributed by atoms with Crippen molar-refractivity contribution in [3.63, 3.8) is 0 Å². The van der Waals surface area contributed by atoms with Crippen LogP contribution in [0.15, 0.2) is 24.3 Å². The third kappa shape index (κ3) is 2.39. The highest BCUT2D eigenvalue weighted by atomic mass is 32.2. The number of benzene rings is 1. The number of nitrogens with zero attached hydrogens (tertiary/aromatic N) is 1. The molecule has 1 aromatic rings. The Morgan fingerprint density at radius 3 is 2.29 bits per heavy atom. The van der Waals surface area contributed by atoms with Crippen LogP contribution in [0.4, 0.5) is 11.4 Å². The van der Waals surface area contributed by atoms with Crippen LogP contribution in [-0.2, 0) is 0 Å². The van der Waals surface area contributed by atoms with Gasteiger partial charge in [0.05, 0.1) is 11.4 Å². The van der Waals surface area contributed by atoms with Crippen LogP contribution in [0.5, 0.6) is 0 Å². The van der Waals surface area contributed by atoms with Gasteiger partial charge in [0.15, 0.2) is 0 Å². The zero-order valence-corrected chi connectivity index (χ0v) is 11.0. The molecule has 0 aromatic heterocycles. The molecular formula is C14H20N2S. The van der Waals surface area contributed by atoms with E-state index in [1.165, 1.54) is 42.9 Å². The summed E-state index contributed by atoms with van der Waals surface area (Å²) in [5.74, 6) is 2.61. The first-order chi connectivity index (χ1) is 8.36. The third-order valence-corrected chi connectivity index (χ3v) is 4.79. The van der Waals surface area contributed by atoms with Gasteiger partial charge in [0.1, 0.15) is 0 Å². The van der Waals surface area contributed by atoms with E-state index in [9.17, 15) is 0 Å². The third-order valence-electron chi connectivity index (χ3n) is 3.74. The maximum absolute atomic E-state index is 6.15. The molecule has 1 aliphatic heterocycles. The molecule has 0 spiro atoms. The zero-order valence-electron chi connectivity index (χ0n) is 10.1. The lowest BCUT2D eigenvalue weighted by molar-refractivity contribution is 0.551. The second-order valence-electron chi connectivity index (χ2n) is 5.04. The first-order valence-electron chi connectivity index (χ1n) is 6.57. The van der Waals surface area contributed by atoms with Crippen molar-refractivity contribution in [2.24, 2.45) is 0 Å². The summed E-state index contributed by atoms with van der Waals surface area (Å²) < 4.78 is 0. The Labute approximate surface area is 108 Å². The van der Waals surface area contributed by atoms with Gasteiger partial charge in [0.25, 0.3) is 0 Å². The van der Waals surface area contributed by atoms with Crippen molar-refractivity contribution in [1.29, 1.82) is 0 Å². The summed E-state index contributed by atoms with van der Waals surface area (Å²) >= 11 is 2.09. The van der Waals surface area contributed by atoms with Gasteiger partial charge in [0, 0.05) is 12.1 Å². The number of anilines is 2. The lowest BCUT2D eigenvalue weighted by Crippen LogP contribution is -2.40. The molecule has 0 bridgehead atoms. The van der Waals surface area contributed by atoms with E-state index < -0.39 is 0 Å². The Kier molecular flexibility index (Phi) is 3.19. The largest absolute Gasteiger partial charge is 0.397 e. The van der Waals surface area contributed by atoms with Crippen molar-refractivity contribution < 1.29 is 0 Å². The highest BCUT2D eigenvalue weighted by Crippen LogP contribution is 2.39. The lowest BCUT2D eigenvalue weighted by Gasteiger charge is -2.37. The molecule has 2 N–H and O–H groups in total. The number of para-hydroxylation sites is 2. The van der Waals surface area contributed by atoms with Crippen molar-refractivity contribution in [3.8, 4) is 0 Å². The smallest absolute Gasteiger partial charge is 0.0604 e. The van der Waals surface area contributed by atoms with Crippen LogP contribution in [0, 0.1) is 0 Å². The van der Waals surface area contributed by atoms with Gasteiger partial charge in [-0.2, -0.15) is 11.8 Å².